The van der Waals surface area contributed by atoms with Gasteiger partial charge in [-0.05, 0) is 50.1 Å². The van der Waals surface area contributed by atoms with E-state index in [0.29, 0.717) is 12.0 Å². The molecule has 1 N–H and O–H groups in total. The number of nitrogens with one attached hydrogen (secondary N) is 1. The molecule has 2 rings (SSSR count). The van der Waals surface area contributed by atoms with Gasteiger partial charge in [-0.1, -0.05) is 13.8 Å². The summed E-state index contributed by atoms with van der Waals surface area (Å²) < 4.78 is 4.28. The molecule has 1 aromatic rings. The number of aromatic nitrogens is 1. The highest BCUT2D eigenvalue weighted by atomic mass is 32.1. The Kier molecular flexibility index (Phi) is 3.52. The van der Waals surface area contributed by atoms with E-state index < -0.39 is 0 Å². The normalized spacial score (nSPS) is 28.4. The predicted octanol–water partition coefficient (Wildman–Crippen LogP) is 3.50. The van der Waals surface area contributed by atoms with Crippen molar-refractivity contribution in [1.82, 2.24) is 4.37 Å². The van der Waals surface area contributed by atoms with E-state index in [1.54, 1.807) is 6.92 Å². The van der Waals surface area contributed by atoms with Crippen molar-refractivity contribution in [3.63, 3.8) is 0 Å². The third-order valence-electron chi connectivity index (χ3n) is 4.00. The quantitative estimate of drug-likeness (QED) is 0.837. The Morgan fingerprint density at radius 1 is 1.41 bits per heavy atom. The third kappa shape index (κ3) is 2.37. The van der Waals surface area contributed by atoms with E-state index >= 15 is 0 Å². The number of ketones is 1. The van der Waals surface area contributed by atoms with Gasteiger partial charge in [0.15, 0.2) is 5.78 Å². The van der Waals surface area contributed by atoms with E-state index in [1.807, 2.05) is 6.92 Å². The molecule has 4 heteroatoms. The van der Waals surface area contributed by atoms with Crippen molar-refractivity contribution in [1.29, 1.82) is 0 Å². The Hall–Kier alpha value is -0.900. The number of rotatable bonds is 3. The lowest BCUT2D eigenvalue weighted by molar-refractivity contribution is 0.101. The molecule has 0 aromatic carbocycles. The summed E-state index contributed by atoms with van der Waals surface area (Å²) in [5.41, 5.74) is 1.63. The maximum Gasteiger partial charge on any atom is 0.164 e. The summed E-state index contributed by atoms with van der Waals surface area (Å²) in [5.74, 6) is 1.54. The smallest absolute Gasteiger partial charge is 0.164 e. The fourth-order valence-corrected chi connectivity index (χ4v) is 3.53. The topological polar surface area (TPSA) is 42.0 Å². The first-order valence-corrected chi connectivity index (χ1v) is 7.01. The van der Waals surface area contributed by atoms with E-state index in [0.717, 1.165) is 22.2 Å². The van der Waals surface area contributed by atoms with Crippen LogP contribution in [0.1, 0.15) is 49.7 Å². The van der Waals surface area contributed by atoms with Crippen molar-refractivity contribution in [2.45, 2.75) is 46.6 Å². The molecule has 17 heavy (non-hydrogen) atoms. The molecule has 1 aliphatic carbocycles. The van der Waals surface area contributed by atoms with Gasteiger partial charge < -0.3 is 5.32 Å². The van der Waals surface area contributed by atoms with Crippen LogP contribution in [0, 0.1) is 18.8 Å². The summed E-state index contributed by atoms with van der Waals surface area (Å²) in [6, 6.07) is 0.489. The van der Waals surface area contributed by atoms with Crippen LogP contribution in [0.2, 0.25) is 0 Å². The number of Topliss-reactive ketones (excluding diaryl/α,β-unsaturated/α-hetero) is 1. The van der Waals surface area contributed by atoms with Crippen molar-refractivity contribution in [2.24, 2.45) is 11.8 Å². The monoisotopic (exact) mass is 252 g/mol. The average Bonchev–Trinajstić information content (AvgIpc) is 2.77. The van der Waals surface area contributed by atoms with Crippen molar-refractivity contribution < 1.29 is 4.79 Å². The molecule has 0 saturated heterocycles. The molecule has 1 aliphatic rings. The number of carbonyl (C=O) groups is 1. The van der Waals surface area contributed by atoms with E-state index in [4.69, 9.17) is 0 Å². The molecule has 0 aliphatic heterocycles. The molecular weight excluding hydrogens is 232 g/mol. The minimum absolute atomic E-state index is 0.109. The molecule has 94 valence electrons. The fraction of sp³-hybridized carbons (Fsp3) is 0.692. The summed E-state index contributed by atoms with van der Waals surface area (Å²) in [4.78, 5) is 11.6. The van der Waals surface area contributed by atoms with Gasteiger partial charge in [-0.25, -0.2) is 0 Å². The molecule has 3 nitrogen and oxygen atoms in total. The van der Waals surface area contributed by atoms with Gasteiger partial charge in [0.05, 0.1) is 11.3 Å². The zero-order chi connectivity index (χ0) is 12.6. The highest BCUT2D eigenvalue weighted by Gasteiger charge is 2.30. The number of aryl methyl sites for hydroxylation is 1. The number of anilines is 1. The second-order valence-corrected chi connectivity index (χ2v) is 5.97. The largest absolute Gasteiger partial charge is 0.372 e. The minimum atomic E-state index is 0.109. The van der Waals surface area contributed by atoms with Crippen LogP contribution in [0.15, 0.2) is 0 Å². The lowest BCUT2D eigenvalue weighted by Crippen LogP contribution is -2.24. The highest BCUT2D eigenvalue weighted by molar-refractivity contribution is 7.10. The van der Waals surface area contributed by atoms with Crippen LogP contribution >= 0.6 is 11.5 Å². The Balaban J connectivity index is 2.17. The second-order valence-electron chi connectivity index (χ2n) is 5.19. The maximum atomic E-state index is 11.6. The summed E-state index contributed by atoms with van der Waals surface area (Å²) in [5, 5.41) is 4.49. The van der Waals surface area contributed by atoms with Crippen molar-refractivity contribution in [3.05, 3.63) is 11.3 Å². The van der Waals surface area contributed by atoms with Crippen LogP contribution in [0.25, 0.3) is 0 Å². The molecule has 1 aromatic heterocycles. The second kappa shape index (κ2) is 4.77. The fourth-order valence-electron chi connectivity index (χ4n) is 2.62. The van der Waals surface area contributed by atoms with E-state index in [2.05, 4.69) is 23.5 Å². The predicted molar refractivity (Wildman–Crippen MR) is 71.8 cm³/mol. The van der Waals surface area contributed by atoms with Gasteiger partial charge >= 0.3 is 0 Å². The van der Waals surface area contributed by atoms with Gasteiger partial charge in [0.2, 0.25) is 0 Å². The first kappa shape index (κ1) is 12.6. The van der Waals surface area contributed by atoms with Crippen LogP contribution in [0.3, 0.4) is 0 Å². The summed E-state index contributed by atoms with van der Waals surface area (Å²) in [6.07, 6.45) is 2.46. The molecule has 3 unspecified atom stereocenters. The maximum absolute atomic E-state index is 11.6. The van der Waals surface area contributed by atoms with Crippen molar-refractivity contribution >= 4 is 22.3 Å². The van der Waals surface area contributed by atoms with Gasteiger partial charge in [-0.15, -0.1) is 0 Å². The standard InChI is InChI=1S/C13H20N2OS/c1-7-5-6-11(8(7)2)14-13-12(10(4)16)9(3)15-17-13/h7-8,11,14H,5-6H2,1-4H3. The molecule has 0 amide bonds. The molecule has 1 heterocycles. The van der Waals surface area contributed by atoms with Crippen LogP contribution < -0.4 is 5.32 Å². The van der Waals surface area contributed by atoms with E-state index in [9.17, 15) is 4.79 Å². The number of carbonyl (C=O) groups excluding carboxylic acids is 1. The zero-order valence-electron chi connectivity index (χ0n) is 10.9. The minimum Gasteiger partial charge on any atom is -0.372 e. The van der Waals surface area contributed by atoms with Crippen LogP contribution in [0.4, 0.5) is 5.00 Å². The molecule has 0 spiro atoms. The first-order valence-electron chi connectivity index (χ1n) is 6.24. The van der Waals surface area contributed by atoms with Crippen LogP contribution in [-0.4, -0.2) is 16.2 Å². The number of nitrogens with zero attached hydrogens (tertiary/aromatic N) is 1. The van der Waals surface area contributed by atoms with E-state index in [1.165, 1.54) is 24.4 Å². The summed E-state index contributed by atoms with van der Waals surface area (Å²) in [7, 11) is 0. The molecular formula is C13H20N2OS. The summed E-state index contributed by atoms with van der Waals surface area (Å²) in [6.45, 7) is 8.11. The average molecular weight is 252 g/mol. The van der Waals surface area contributed by atoms with Crippen molar-refractivity contribution in [3.8, 4) is 0 Å². The van der Waals surface area contributed by atoms with Gasteiger partial charge in [0.1, 0.15) is 5.00 Å². The Bertz CT molecular complexity index is 427. The van der Waals surface area contributed by atoms with Crippen LogP contribution in [0.5, 0.6) is 0 Å². The molecule has 1 saturated carbocycles. The lowest BCUT2D eigenvalue weighted by atomic mass is 9.98. The Labute approximate surface area is 107 Å². The Morgan fingerprint density at radius 3 is 2.65 bits per heavy atom. The lowest BCUT2D eigenvalue weighted by Gasteiger charge is -2.20. The summed E-state index contributed by atoms with van der Waals surface area (Å²) >= 11 is 1.41. The zero-order valence-corrected chi connectivity index (χ0v) is 11.7. The van der Waals surface area contributed by atoms with Gasteiger partial charge in [0.25, 0.3) is 0 Å². The van der Waals surface area contributed by atoms with Crippen molar-refractivity contribution in [2.75, 3.05) is 5.32 Å². The number of hydrogen-bond acceptors (Lipinski definition) is 4. The first-order chi connectivity index (χ1) is 8.00. The Morgan fingerprint density at radius 2 is 2.12 bits per heavy atom. The van der Waals surface area contributed by atoms with Crippen LogP contribution in [-0.2, 0) is 0 Å². The van der Waals surface area contributed by atoms with Gasteiger partial charge in [-0.2, -0.15) is 4.37 Å². The van der Waals surface area contributed by atoms with Gasteiger partial charge in [0, 0.05) is 6.04 Å². The molecule has 3 atom stereocenters. The number of hydrogen-bond donors (Lipinski definition) is 1. The SMILES string of the molecule is CC(=O)c1c(C)nsc1NC1CCC(C)C1C. The van der Waals surface area contributed by atoms with Gasteiger partial charge in [-0.3, -0.25) is 4.79 Å². The molecule has 0 bridgehead atoms. The molecule has 1 fully saturated rings. The third-order valence-corrected chi connectivity index (χ3v) is 4.87. The highest BCUT2D eigenvalue weighted by Crippen LogP contribution is 2.35. The molecule has 0 radical (unpaired) electrons. The van der Waals surface area contributed by atoms with E-state index in [-0.39, 0.29) is 5.78 Å².